The molecule has 2 aliphatic heterocycles. The van der Waals surface area contributed by atoms with E-state index in [0.29, 0.717) is 31.8 Å². The van der Waals surface area contributed by atoms with Crippen LogP contribution in [0.3, 0.4) is 0 Å². The highest BCUT2D eigenvalue weighted by Crippen LogP contribution is 2.31. The molecule has 9 heteroatoms. The number of para-hydroxylation sites is 2. The number of amides is 1. The van der Waals surface area contributed by atoms with Gasteiger partial charge in [-0.3, -0.25) is 14.4 Å². The topological polar surface area (TPSA) is 90.7 Å². The minimum Gasteiger partial charge on any atom is -0.486 e. The van der Waals surface area contributed by atoms with Crippen LogP contribution in [0.1, 0.15) is 16.9 Å². The molecule has 1 aromatic heterocycles. The largest absolute Gasteiger partial charge is 0.486 e. The van der Waals surface area contributed by atoms with Crippen molar-refractivity contribution < 1.29 is 19.0 Å². The first kappa shape index (κ1) is 18.7. The molecule has 0 saturated carbocycles. The number of hydrogen-bond donors (Lipinski definition) is 1. The van der Waals surface area contributed by atoms with Gasteiger partial charge >= 0.3 is 0 Å². The molecule has 150 valence electrons. The molecule has 0 radical (unpaired) electrons. The van der Waals surface area contributed by atoms with Gasteiger partial charge in [-0.1, -0.05) is 17.3 Å². The van der Waals surface area contributed by atoms with Crippen LogP contribution in [0.5, 0.6) is 11.5 Å². The van der Waals surface area contributed by atoms with Crippen LogP contribution >= 0.6 is 0 Å². The number of benzene rings is 1. The average molecular weight is 387 g/mol. The molecule has 0 aliphatic carbocycles. The summed E-state index contributed by atoms with van der Waals surface area (Å²) in [5, 5.41) is 10.9. The summed E-state index contributed by atoms with van der Waals surface area (Å²) in [5.41, 5.74) is 0.327. The summed E-state index contributed by atoms with van der Waals surface area (Å²) in [6, 6.07) is 7.59. The van der Waals surface area contributed by atoms with Crippen molar-refractivity contribution in [1.29, 1.82) is 0 Å². The van der Waals surface area contributed by atoms with Crippen molar-refractivity contribution in [2.45, 2.75) is 19.1 Å². The molecule has 0 bridgehead atoms. The van der Waals surface area contributed by atoms with Gasteiger partial charge in [-0.25, -0.2) is 0 Å². The van der Waals surface area contributed by atoms with Crippen LogP contribution in [0, 0.1) is 0 Å². The van der Waals surface area contributed by atoms with Gasteiger partial charge in [0, 0.05) is 32.6 Å². The number of fused-ring (bicyclic) bond motifs is 1. The second-order valence-corrected chi connectivity index (χ2v) is 6.86. The van der Waals surface area contributed by atoms with Crippen LogP contribution < -0.4 is 14.8 Å². The van der Waals surface area contributed by atoms with Gasteiger partial charge in [-0.15, -0.1) is 5.10 Å². The molecule has 1 N–H and O–H groups in total. The van der Waals surface area contributed by atoms with Crippen LogP contribution in [0.25, 0.3) is 0 Å². The van der Waals surface area contributed by atoms with Crippen molar-refractivity contribution in [3.8, 4) is 11.5 Å². The van der Waals surface area contributed by atoms with Crippen LogP contribution in [-0.2, 0) is 11.3 Å². The zero-order valence-electron chi connectivity index (χ0n) is 15.7. The molecule has 1 atom stereocenters. The minimum atomic E-state index is -0.227. The van der Waals surface area contributed by atoms with E-state index in [4.69, 9.17) is 14.2 Å². The van der Waals surface area contributed by atoms with E-state index >= 15 is 0 Å². The van der Waals surface area contributed by atoms with Crippen LogP contribution in [0.2, 0.25) is 0 Å². The van der Waals surface area contributed by atoms with E-state index in [-0.39, 0.29) is 12.0 Å². The molecular formula is C19H25N5O4. The summed E-state index contributed by atoms with van der Waals surface area (Å²) >= 11 is 0. The number of nitrogens with zero attached hydrogens (tertiary/aromatic N) is 4. The molecule has 28 heavy (non-hydrogen) atoms. The Labute approximate surface area is 163 Å². The molecule has 2 aromatic rings. The molecule has 2 aliphatic rings. The monoisotopic (exact) mass is 387 g/mol. The van der Waals surface area contributed by atoms with E-state index in [1.165, 1.54) is 0 Å². The molecule has 1 amide bonds. The Hall–Kier alpha value is -2.65. The SMILES string of the molecule is O=C(NCCC1COc2ccccc2O1)c1cn(CCN2CCOCC2)nn1. The predicted octanol–water partition coefficient (Wildman–Crippen LogP) is 0.570. The first-order valence-corrected chi connectivity index (χ1v) is 9.65. The van der Waals surface area contributed by atoms with Gasteiger partial charge in [0.05, 0.1) is 26.0 Å². The number of ether oxygens (including phenoxy) is 3. The zero-order chi connectivity index (χ0) is 19.2. The molecule has 9 nitrogen and oxygen atoms in total. The smallest absolute Gasteiger partial charge is 0.273 e. The van der Waals surface area contributed by atoms with E-state index in [1.807, 2.05) is 24.3 Å². The highest BCUT2D eigenvalue weighted by Gasteiger charge is 2.21. The van der Waals surface area contributed by atoms with Crippen molar-refractivity contribution in [2.24, 2.45) is 0 Å². The Kier molecular flexibility index (Phi) is 6.03. The Morgan fingerprint density at radius 2 is 2.00 bits per heavy atom. The number of rotatable bonds is 7. The lowest BCUT2D eigenvalue weighted by Crippen LogP contribution is -2.38. The van der Waals surface area contributed by atoms with Gasteiger partial charge in [0.1, 0.15) is 12.7 Å². The van der Waals surface area contributed by atoms with Crippen LogP contribution in [-0.4, -0.2) is 77.9 Å². The number of carbonyl (C=O) groups excluding carboxylic acids is 1. The predicted molar refractivity (Wildman–Crippen MR) is 101 cm³/mol. The number of hydrogen-bond acceptors (Lipinski definition) is 7. The molecule has 1 fully saturated rings. The number of nitrogens with one attached hydrogen (secondary N) is 1. The van der Waals surface area contributed by atoms with E-state index in [1.54, 1.807) is 10.9 Å². The fraction of sp³-hybridized carbons (Fsp3) is 0.526. The standard InChI is InChI=1S/C19H25N5O4/c25-19(16-13-24(22-21-16)8-7-23-9-11-26-12-10-23)20-6-5-15-14-27-17-3-1-2-4-18(17)28-15/h1-4,13,15H,5-12,14H2,(H,20,25). The van der Waals surface area contributed by atoms with Crippen molar-refractivity contribution in [3.05, 3.63) is 36.2 Å². The molecule has 4 rings (SSSR count). The molecule has 3 heterocycles. The fourth-order valence-corrected chi connectivity index (χ4v) is 3.22. The maximum atomic E-state index is 12.3. The first-order valence-electron chi connectivity index (χ1n) is 9.65. The zero-order valence-corrected chi connectivity index (χ0v) is 15.7. The minimum absolute atomic E-state index is 0.0839. The number of aromatic nitrogens is 3. The maximum Gasteiger partial charge on any atom is 0.273 e. The van der Waals surface area contributed by atoms with Gasteiger partial charge in [0.2, 0.25) is 0 Å². The maximum absolute atomic E-state index is 12.3. The second-order valence-electron chi connectivity index (χ2n) is 6.86. The van der Waals surface area contributed by atoms with Gasteiger partial charge in [0.15, 0.2) is 17.2 Å². The van der Waals surface area contributed by atoms with Gasteiger partial charge < -0.3 is 19.5 Å². The summed E-state index contributed by atoms with van der Waals surface area (Å²) in [6.45, 7) is 5.93. The molecule has 1 aromatic carbocycles. The Morgan fingerprint density at radius 1 is 1.18 bits per heavy atom. The van der Waals surface area contributed by atoms with Crippen LogP contribution in [0.4, 0.5) is 0 Å². The molecule has 0 spiro atoms. The third-order valence-corrected chi connectivity index (χ3v) is 4.84. The Bertz CT molecular complexity index is 790. The van der Waals surface area contributed by atoms with Gasteiger partial charge in [-0.05, 0) is 12.1 Å². The fourth-order valence-electron chi connectivity index (χ4n) is 3.22. The summed E-state index contributed by atoms with van der Waals surface area (Å²) in [7, 11) is 0. The van der Waals surface area contributed by atoms with Crippen molar-refractivity contribution in [1.82, 2.24) is 25.2 Å². The first-order chi connectivity index (χ1) is 13.8. The van der Waals surface area contributed by atoms with Crippen molar-refractivity contribution in [3.63, 3.8) is 0 Å². The van der Waals surface area contributed by atoms with Gasteiger partial charge in [-0.2, -0.15) is 0 Å². The van der Waals surface area contributed by atoms with Gasteiger partial charge in [0.25, 0.3) is 5.91 Å². The summed E-state index contributed by atoms with van der Waals surface area (Å²) in [5.74, 6) is 1.28. The second kappa shape index (κ2) is 9.03. The van der Waals surface area contributed by atoms with E-state index < -0.39 is 0 Å². The van der Waals surface area contributed by atoms with Crippen molar-refractivity contribution >= 4 is 5.91 Å². The Balaban J connectivity index is 1.19. The quantitative estimate of drug-likeness (QED) is 0.743. The highest BCUT2D eigenvalue weighted by molar-refractivity contribution is 5.91. The normalized spacial score (nSPS) is 19.4. The summed E-state index contributed by atoms with van der Waals surface area (Å²) < 4.78 is 18.6. The third kappa shape index (κ3) is 4.79. The van der Waals surface area contributed by atoms with E-state index in [9.17, 15) is 4.79 Å². The molecular weight excluding hydrogens is 362 g/mol. The lowest BCUT2D eigenvalue weighted by Gasteiger charge is -2.26. The van der Waals surface area contributed by atoms with Crippen LogP contribution in [0.15, 0.2) is 30.5 Å². The molecule has 1 saturated heterocycles. The van der Waals surface area contributed by atoms with E-state index in [0.717, 1.165) is 44.3 Å². The van der Waals surface area contributed by atoms with Crippen molar-refractivity contribution in [2.75, 3.05) is 46.0 Å². The number of morpholine rings is 1. The lowest BCUT2D eigenvalue weighted by molar-refractivity contribution is 0.0359. The van der Waals surface area contributed by atoms with E-state index in [2.05, 4.69) is 20.5 Å². The highest BCUT2D eigenvalue weighted by atomic mass is 16.6. The summed E-state index contributed by atoms with van der Waals surface area (Å²) in [4.78, 5) is 14.6. The summed E-state index contributed by atoms with van der Waals surface area (Å²) in [6.07, 6.45) is 2.26. The number of carbonyl (C=O) groups is 1. The Morgan fingerprint density at radius 3 is 2.86 bits per heavy atom. The third-order valence-electron chi connectivity index (χ3n) is 4.84. The lowest BCUT2D eigenvalue weighted by atomic mass is 10.2. The molecule has 1 unspecified atom stereocenters. The average Bonchev–Trinajstić information content (AvgIpc) is 3.22.